The van der Waals surface area contributed by atoms with Crippen molar-refractivity contribution >= 4 is 21.6 Å². The van der Waals surface area contributed by atoms with Crippen LogP contribution in [0.1, 0.15) is 18.1 Å². The lowest BCUT2D eigenvalue weighted by molar-refractivity contribution is -0.490. The van der Waals surface area contributed by atoms with E-state index in [1.807, 2.05) is 6.92 Å². The normalized spacial score (nSPS) is 14.1. The Labute approximate surface area is 145 Å². The van der Waals surface area contributed by atoms with E-state index in [1.54, 1.807) is 30.3 Å². The van der Waals surface area contributed by atoms with Gasteiger partial charge in [-0.3, -0.25) is 10.1 Å². The van der Waals surface area contributed by atoms with E-state index in [-0.39, 0.29) is 4.90 Å². The Morgan fingerprint density at radius 3 is 2.38 bits per heavy atom. The molecule has 0 saturated carbocycles. The second-order valence-corrected chi connectivity index (χ2v) is 7.87. The summed E-state index contributed by atoms with van der Waals surface area (Å²) < 4.78 is 27.7. The molecule has 0 amide bonds. The van der Waals surface area contributed by atoms with Crippen LogP contribution in [-0.4, -0.2) is 19.9 Å². The predicted octanol–water partition coefficient (Wildman–Crippen LogP) is 3.12. The van der Waals surface area contributed by atoms with Crippen LogP contribution in [0.5, 0.6) is 0 Å². The third-order valence-electron chi connectivity index (χ3n) is 3.60. The predicted molar refractivity (Wildman–Crippen MR) is 92.2 cm³/mol. The zero-order chi connectivity index (χ0) is 18.0. The maximum atomic E-state index is 12.6. The summed E-state index contributed by atoms with van der Waals surface area (Å²) in [5.74, 6) is 0. The summed E-state index contributed by atoms with van der Waals surface area (Å²) in [4.78, 5) is 10.6. The Bertz CT molecular complexity index is 853. The number of benzene rings is 2. The number of rotatable bonds is 6. The van der Waals surface area contributed by atoms with Crippen LogP contribution in [0, 0.1) is 17.0 Å². The van der Waals surface area contributed by atoms with Gasteiger partial charge in [0.15, 0.2) is 0 Å². The summed E-state index contributed by atoms with van der Waals surface area (Å²) in [6.45, 7) is 2.69. The van der Waals surface area contributed by atoms with E-state index in [4.69, 9.17) is 11.6 Å². The molecule has 1 atom stereocenters. The Morgan fingerprint density at radius 1 is 1.21 bits per heavy atom. The molecule has 6 nitrogen and oxygen atoms in total. The highest BCUT2D eigenvalue weighted by Crippen LogP contribution is 2.26. The fraction of sp³-hybridized carbons (Fsp3) is 0.250. The molecule has 0 aliphatic carbocycles. The first kappa shape index (κ1) is 18.4. The molecule has 0 aromatic heterocycles. The van der Waals surface area contributed by atoms with Crippen molar-refractivity contribution in [3.63, 3.8) is 0 Å². The van der Waals surface area contributed by atoms with Gasteiger partial charge in [0.2, 0.25) is 16.6 Å². The average Bonchev–Trinajstić information content (AvgIpc) is 2.46. The van der Waals surface area contributed by atoms with Crippen molar-refractivity contribution in [2.45, 2.75) is 24.3 Å². The minimum atomic E-state index is -3.94. The van der Waals surface area contributed by atoms with Crippen LogP contribution >= 0.6 is 11.6 Å². The minimum Gasteiger partial charge on any atom is -0.264 e. The maximum Gasteiger partial charge on any atom is 0.241 e. The van der Waals surface area contributed by atoms with E-state index >= 15 is 0 Å². The van der Waals surface area contributed by atoms with E-state index in [0.29, 0.717) is 10.6 Å². The number of hydrogen-bond acceptors (Lipinski definition) is 4. The van der Waals surface area contributed by atoms with Crippen LogP contribution in [-0.2, 0) is 15.6 Å². The van der Waals surface area contributed by atoms with Gasteiger partial charge in [0, 0.05) is 9.95 Å². The zero-order valence-corrected chi connectivity index (χ0v) is 14.8. The molecule has 128 valence electrons. The maximum absolute atomic E-state index is 12.6. The highest BCUT2D eigenvalue weighted by atomic mass is 35.5. The van der Waals surface area contributed by atoms with Crippen LogP contribution in [0.4, 0.5) is 0 Å². The van der Waals surface area contributed by atoms with Crippen LogP contribution in [0.25, 0.3) is 0 Å². The van der Waals surface area contributed by atoms with E-state index in [9.17, 15) is 18.5 Å². The van der Waals surface area contributed by atoms with Crippen LogP contribution in [0.2, 0.25) is 5.02 Å². The molecule has 1 N–H and O–H groups in total. The van der Waals surface area contributed by atoms with Crippen LogP contribution in [0.15, 0.2) is 53.4 Å². The summed E-state index contributed by atoms with van der Waals surface area (Å²) in [7, 11) is -3.94. The van der Waals surface area contributed by atoms with Gasteiger partial charge in [-0.2, -0.15) is 4.72 Å². The molecular weight excluding hydrogens is 352 g/mol. The Hall–Kier alpha value is -1.96. The molecule has 2 aromatic carbocycles. The monoisotopic (exact) mass is 368 g/mol. The van der Waals surface area contributed by atoms with Gasteiger partial charge in [0.05, 0.1) is 4.90 Å². The Balaban J connectivity index is 2.45. The minimum absolute atomic E-state index is 0.0460. The molecule has 8 heteroatoms. The first-order chi connectivity index (χ1) is 11.1. The second kappa shape index (κ2) is 6.88. The smallest absolute Gasteiger partial charge is 0.241 e. The lowest BCUT2D eigenvalue weighted by Gasteiger charge is -2.27. The third kappa shape index (κ3) is 4.31. The number of nitrogens with zero attached hydrogens (tertiary/aromatic N) is 1. The van der Waals surface area contributed by atoms with Crippen LogP contribution < -0.4 is 4.72 Å². The number of aryl methyl sites for hydroxylation is 1. The van der Waals surface area contributed by atoms with Crippen molar-refractivity contribution < 1.29 is 13.3 Å². The number of halogens is 1. The molecule has 0 heterocycles. The highest BCUT2D eigenvalue weighted by molar-refractivity contribution is 7.89. The summed E-state index contributed by atoms with van der Waals surface area (Å²) in [6.07, 6.45) is 0. The van der Waals surface area contributed by atoms with E-state index < -0.39 is 27.0 Å². The van der Waals surface area contributed by atoms with Gasteiger partial charge in [0.25, 0.3) is 0 Å². The third-order valence-corrected chi connectivity index (χ3v) is 5.45. The summed E-state index contributed by atoms with van der Waals surface area (Å²) >= 11 is 5.95. The zero-order valence-electron chi connectivity index (χ0n) is 13.2. The Kier molecular flexibility index (Phi) is 5.27. The lowest BCUT2D eigenvalue weighted by Crippen LogP contribution is -2.48. The lowest BCUT2D eigenvalue weighted by atomic mass is 9.93. The average molecular weight is 369 g/mol. The second-order valence-electron chi connectivity index (χ2n) is 5.75. The van der Waals surface area contributed by atoms with Gasteiger partial charge in [-0.15, -0.1) is 0 Å². The van der Waals surface area contributed by atoms with Gasteiger partial charge in [0.1, 0.15) is 5.54 Å². The number of sulfonamides is 1. The fourth-order valence-corrected chi connectivity index (χ4v) is 3.92. The van der Waals surface area contributed by atoms with Crippen molar-refractivity contribution in [3.05, 3.63) is 74.8 Å². The van der Waals surface area contributed by atoms with Gasteiger partial charge in [-0.25, -0.2) is 8.42 Å². The number of hydrogen-bond donors (Lipinski definition) is 1. The summed E-state index contributed by atoms with van der Waals surface area (Å²) in [5.41, 5.74) is -0.0998. The summed E-state index contributed by atoms with van der Waals surface area (Å²) in [6, 6.07) is 12.6. The molecule has 24 heavy (non-hydrogen) atoms. The van der Waals surface area contributed by atoms with E-state index in [0.717, 1.165) is 5.56 Å². The van der Waals surface area contributed by atoms with Gasteiger partial charge in [-0.05, 0) is 43.7 Å². The SMILES string of the molecule is Cc1ccc(S(=O)(=O)NC(C)(C[N+](=O)[O-])c2cccc(Cl)c2)cc1. The van der Waals surface area contributed by atoms with Crippen molar-refractivity contribution in [2.24, 2.45) is 0 Å². The Morgan fingerprint density at radius 2 is 1.83 bits per heavy atom. The van der Waals surface area contributed by atoms with Crippen molar-refractivity contribution in [2.75, 3.05) is 6.54 Å². The number of nitro groups is 1. The van der Waals surface area contributed by atoms with E-state index in [1.165, 1.54) is 25.1 Å². The summed E-state index contributed by atoms with van der Waals surface area (Å²) in [5, 5.41) is 11.4. The van der Waals surface area contributed by atoms with Gasteiger partial charge < -0.3 is 0 Å². The molecular formula is C16H17ClN2O4S. The van der Waals surface area contributed by atoms with Gasteiger partial charge >= 0.3 is 0 Å². The van der Waals surface area contributed by atoms with E-state index in [2.05, 4.69) is 4.72 Å². The fourth-order valence-electron chi connectivity index (χ4n) is 2.35. The molecule has 2 aromatic rings. The first-order valence-electron chi connectivity index (χ1n) is 7.11. The molecule has 0 radical (unpaired) electrons. The molecule has 0 bridgehead atoms. The molecule has 1 unspecified atom stereocenters. The standard InChI is InChI=1S/C16H17ClN2O4S/c1-12-6-8-15(9-7-12)24(22,23)18-16(2,11-19(20)21)13-4-3-5-14(17)10-13/h3-10,18H,11H2,1-2H3. The molecule has 0 fully saturated rings. The quantitative estimate of drug-likeness (QED) is 0.626. The molecule has 0 aliphatic rings. The number of nitrogens with one attached hydrogen (secondary N) is 1. The van der Waals surface area contributed by atoms with Crippen molar-refractivity contribution in [1.29, 1.82) is 0 Å². The van der Waals surface area contributed by atoms with Crippen LogP contribution in [0.3, 0.4) is 0 Å². The van der Waals surface area contributed by atoms with Gasteiger partial charge in [-0.1, -0.05) is 41.4 Å². The topological polar surface area (TPSA) is 89.3 Å². The van der Waals surface area contributed by atoms with Crippen molar-refractivity contribution in [1.82, 2.24) is 4.72 Å². The molecule has 0 spiro atoms. The largest absolute Gasteiger partial charge is 0.264 e. The highest BCUT2D eigenvalue weighted by Gasteiger charge is 2.37. The molecule has 0 aliphatic heterocycles. The van der Waals surface area contributed by atoms with Crippen molar-refractivity contribution in [3.8, 4) is 0 Å². The molecule has 0 saturated heterocycles. The molecule has 2 rings (SSSR count). The first-order valence-corrected chi connectivity index (χ1v) is 8.97.